The van der Waals surface area contributed by atoms with Gasteiger partial charge in [0, 0.05) is 37.6 Å². The lowest BCUT2D eigenvalue weighted by Crippen LogP contribution is -2.36. The van der Waals surface area contributed by atoms with Crippen molar-refractivity contribution >= 4 is 11.8 Å². The SMILES string of the molecule is CN(CCNCc1ccccn1)C1CCSC1. The summed E-state index contributed by atoms with van der Waals surface area (Å²) in [5, 5.41) is 3.45. The lowest BCUT2D eigenvalue weighted by atomic mass is 10.2. The largest absolute Gasteiger partial charge is 0.310 e. The van der Waals surface area contributed by atoms with E-state index >= 15 is 0 Å². The second-order valence-corrected chi connectivity index (χ2v) is 5.65. The number of likely N-dealkylation sites (N-methyl/N-ethyl adjacent to an activating group) is 1. The highest BCUT2D eigenvalue weighted by Gasteiger charge is 2.19. The first-order valence-corrected chi connectivity index (χ1v) is 7.40. The zero-order chi connectivity index (χ0) is 11.9. The van der Waals surface area contributed by atoms with Crippen LogP contribution in [-0.2, 0) is 6.54 Å². The van der Waals surface area contributed by atoms with Crippen molar-refractivity contribution in [3.05, 3.63) is 30.1 Å². The molecule has 0 aromatic carbocycles. The van der Waals surface area contributed by atoms with Gasteiger partial charge in [-0.05, 0) is 31.4 Å². The molecule has 2 heterocycles. The molecule has 0 saturated carbocycles. The zero-order valence-corrected chi connectivity index (χ0v) is 11.2. The van der Waals surface area contributed by atoms with Gasteiger partial charge in [0.15, 0.2) is 0 Å². The minimum atomic E-state index is 0.789. The Morgan fingerprint density at radius 2 is 2.47 bits per heavy atom. The number of aromatic nitrogens is 1. The summed E-state index contributed by atoms with van der Waals surface area (Å²) in [6.45, 7) is 3.03. The normalized spacial score (nSPS) is 20.0. The molecule has 1 unspecified atom stereocenters. The first kappa shape index (κ1) is 12.9. The maximum Gasteiger partial charge on any atom is 0.0541 e. The van der Waals surface area contributed by atoms with E-state index in [1.165, 1.54) is 17.9 Å². The third-order valence-electron chi connectivity index (χ3n) is 3.20. The molecular weight excluding hydrogens is 230 g/mol. The number of hydrogen-bond donors (Lipinski definition) is 1. The van der Waals surface area contributed by atoms with Gasteiger partial charge in [0.05, 0.1) is 5.69 Å². The molecule has 0 spiro atoms. The fourth-order valence-corrected chi connectivity index (χ4v) is 3.33. The Morgan fingerprint density at radius 3 is 3.18 bits per heavy atom. The second kappa shape index (κ2) is 6.99. The maximum absolute atomic E-state index is 4.29. The van der Waals surface area contributed by atoms with Crippen LogP contribution in [0.5, 0.6) is 0 Å². The Labute approximate surface area is 108 Å². The van der Waals surface area contributed by atoms with Gasteiger partial charge in [-0.1, -0.05) is 6.07 Å². The predicted octanol–water partition coefficient (Wildman–Crippen LogP) is 1.61. The molecule has 0 radical (unpaired) electrons. The van der Waals surface area contributed by atoms with Crippen LogP contribution in [0.15, 0.2) is 24.4 Å². The standard InChI is InChI=1S/C13H21N3S/c1-16(13-5-9-17-11-13)8-7-14-10-12-4-2-3-6-15-12/h2-4,6,13-14H,5,7-11H2,1H3. The Morgan fingerprint density at radius 1 is 1.53 bits per heavy atom. The monoisotopic (exact) mass is 251 g/mol. The predicted molar refractivity (Wildman–Crippen MR) is 74.3 cm³/mol. The molecule has 17 heavy (non-hydrogen) atoms. The number of hydrogen-bond acceptors (Lipinski definition) is 4. The Bertz CT molecular complexity index is 312. The van der Waals surface area contributed by atoms with E-state index in [0.717, 1.165) is 31.4 Å². The smallest absolute Gasteiger partial charge is 0.0541 e. The van der Waals surface area contributed by atoms with Crippen molar-refractivity contribution in [2.75, 3.05) is 31.6 Å². The molecule has 1 N–H and O–H groups in total. The van der Waals surface area contributed by atoms with Crippen molar-refractivity contribution in [3.8, 4) is 0 Å². The van der Waals surface area contributed by atoms with Crippen LogP contribution in [0.1, 0.15) is 12.1 Å². The van der Waals surface area contributed by atoms with Gasteiger partial charge in [0.1, 0.15) is 0 Å². The summed E-state index contributed by atoms with van der Waals surface area (Å²) in [5.41, 5.74) is 1.12. The van der Waals surface area contributed by atoms with Crippen molar-refractivity contribution in [2.24, 2.45) is 0 Å². The van der Waals surface area contributed by atoms with Gasteiger partial charge in [-0.3, -0.25) is 4.98 Å². The van der Waals surface area contributed by atoms with Crippen LogP contribution in [0.4, 0.5) is 0 Å². The van der Waals surface area contributed by atoms with E-state index in [9.17, 15) is 0 Å². The van der Waals surface area contributed by atoms with Crippen molar-refractivity contribution in [3.63, 3.8) is 0 Å². The topological polar surface area (TPSA) is 28.2 Å². The summed E-state index contributed by atoms with van der Waals surface area (Å²) in [7, 11) is 2.24. The minimum Gasteiger partial charge on any atom is -0.310 e. The summed E-state index contributed by atoms with van der Waals surface area (Å²) >= 11 is 2.07. The van der Waals surface area contributed by atoms with Gasteiger partial charge in [-0.25, -0.2) is 0 Å². The average molecular weight is 251 g/mol. The fraction of sp³-hybridized carbons (Fsp3) is 0.615. The van der Waals surface area contributed by atoms with Crippen LogP contribution in [0, 0.1) is 0 Å². The number of rotatable bonds is 6. The van der Waals surface area contributed by atoms with Crippen LogP contribution in [0.25, 0.3) is 0 Å². The van der Waals surface area contributed by atoms with E-state index in [1.54, 1.807) is 0 Å². The van der Waals surface area contributed by atoms with Crippen molar-refractivity contribution < 1.29 is 0 Å². The van der Waals surface area contributed by atoms with Crippen LogP contribution in [-0.4, -0.2) is 47.6 Å². The van der Waals surface area contributed by atoms with E-state index in [2.05, 4.69) is 40.1 Å². The fourth-order valence-electron chi connectivity index (χ4n) is 2.03. The van der Waals surface area contributed by atoms with Gasteiger partial charge in [-0.2, -0.15) is 11.8 Å². The molecule has 0 aliphatic carbocycles. The molecule has 2 rings (SSSR count). The molecule has 1 saturated heterocycles. The Balaban J connectivity index is 1.59. The molecule has 94 valence electrons. The van der Waals surface area contributed by atoms with Crippen molar-refractivity contribution in [1.29, 1.82) is 0 Å². The quantitative estimate of drug-likeness (QED) is 0.778. The third kappa shape index (κ3) is 4.30. The maximum atomic E-state index is 4.29. The van der Waals surface area contributed by atoms with Gasteiger partial charge in [0.25, 0.3) is 0 Å². The highest BCUT2D eigenvalue weighted by atomic mass is 32.2. The first-order chi connectivity index (χ1) is 8.36. The van der Waals surface area contributed by atoms with Crippen molar-refractivity contribution in [1.82, 2.24) is 15.2 Å². The van der Waals surface area contributed by atoms with E-state index in [4.69, 9.17) is 0 Å². The molecule has 3 nitrogen and oxygen atoms in total. The molecular formula is C13H21N3S. The molecule has 1 fully saturated rings. The molecule has 1 aromatic heterocycles. The van der Waals surface area contributed by atoms with Crippen LogP contribution < -0.4 is 5.32 Å². The molecule has 1 atom stereocenters. The van der Waals surface area contributed by atoms with Gasteiger partial charge in [-0.15, -0.1) is 0 Å². The lowest BCUT2D eigenvalue weighted by Gasteiger charge is -2.23. The van der Waals surface area contributed by atoms with Gasteiger partial charge in [0.2, 0.25) is 0 Å². The number of nitrogens with zero attached hydrogens (tertiary/aromatic N) is 2. The molecule has 1 aromatic rings. The number of thioether (sulfide) groups is 1. The highest BCUT2D eigenvalue weighted by Crippen LogP contribution is 2.20. The minimum absolute atomic E-state index is 0.789. The lowest BCUT2D eigenvalue weighted by molar-refractivity contribution is 0.262. The zero-order valence-electron chi connectivity index (χ0n) is 10.4. The van der Waals surface area contributed by atoms with E-state index in [1.807, 2.05) is 18.3 Å². The van der Waals surface area contributed by atoms with Gasteiger partial charge < -0.3 is 10.2 Å². The summed E-state index contributed by atoms with van der Waals surface area (Å²) in [6, 6.07) is 6.84. The Hall–Kier alpha value is -0.580. The van der Waals surface area contributed by atoms with E-state index in [0.29, 0.717) is 0 Å². The summed E-state index contributed by atoms with van der Waals surface area (Å²) in [6.07, 6.45) is 3.19. The molecule has 1 aliphatic heterocycles. The average Bonchev–Trinajstić information content (AvgIpc) is 2.89. The summed E-state index contributed by atoms with van der Waals surface area (Å²) in [4.78, 5) is 6.77. The second-order valence-electron chi connectivity index (χ2n) is 4.50. The number of nitrogens with one attached hydrogen (secondary N) is 1. The number of pyridine rings is 1. The van der Waals surface area contributed by atoms with E-state index < -0.39 is 0 Å². The van der Waals surface area contributed by atoms with Crippen molar-refractivity contribution in [2.45, 2.75) is 19.0 Å². The van der Waals surface area contributed by atoms with Crippen LogP contribution in [0.2, 0.25) is 0 Å². The Kier molecular flexibility index (Phi) is 5.29. The first-order valence-electron chi connectivity index (χ1n) is 6.25. The third-order valence-corrected chi connectivity index (χ3v) is 4.35. The van der Waals surface area contributed by atoms with E-state index in [-0.39, 0.29) is 0 Å². The summed E-state index contributed by atoms with van der Waals surface area (Å²) < 4.78 is 0. The summed E-state index contributed by atoms with van der Waals surface area (Å²) in [5.74, 6) is 2.63. The highest BCUT2D eigenvalue weighted by molar-refractivity contribution is 7.99. The van der Waals surface area contributed by atoms with Gasteiger partial charge >= 0.3 is 0 Å². The molecule has 4 heteroatoms. The molecule has 0 amide bonds. The molecule has 0 bridgehead atoms. The van der Waals surface area contributed by atoms with Crippen LogP contribution in [0.3, 0.4) is 0 Å². The van der Waals surface area contributed by atoms with Crippen LogP contribution >= 0.6 is 11.8 Å². The molecule has 1 aliphatic rings.